The Morgan fingerprint density at radius 2 is 1.69 bits per heavy atom. The van der Waals surface area contributed by atoms with Gasteiger partial charge in [0.15, 0.2) is 6.29 Å². The smallest absolute Gasteiger partial charge is 0.410 e. The number of halogens is 2. The summed E-state index contributed by atoms with van der Waals surface area (Å²) in [4.78, 5) is 19.0. The molecule has 9 nitrogen and oxygen atoms in total. The Morgan fingerprint density at radius 3 is 2.37 bits per heavy atom. The molecule has 5 aliphatic carbocycles. The average Bonchev–Trinajstić information content (AvgIpc) is 3.70. The summed E-state index contributed by atoms with van der Waals surface area (Å²) in [5, 5.41) is 12.7. The lowest BCUT2D eigenvalue weighted by Crippen LogP contribution is -2.64. The van der Waals surface area contributed by atoms with Crippen molar-refractivity contribution in [1.82, 2.24) is 14.7 Å². The molecule has 14 atom stereocenters. The van der Waals surface area contributed by atoms with Crippen molar-refractivity contribution in [3.8, 4) is 0 Å². The Hall–Kier alpha value is -1.11. The lowest BCUT2D eigenvalue weighted by molar-refractivity contribution is -0.253. The average molecular weight is 762 g/mol. The van der Waals surface area contributed by atoms with E-state index in [1.165, 1.54) is 19.3 Å². The molecular formula is C43H69F2N3O6. The third-order valence-corrected chi connectivity index (χ3v) is 18.4. The molecule has 9 aliphatic rings. The summed E-state index contributed by atoms with van der Waals surface area (Å²) >= 11 is 0. The number of alkyl halides is 2. The SMILES string of the molecule is CC(C)[C@@H](OC(=O)N1CCC1)[C@H]1C[C@@H](C)[C@H]2[C@H](O1)[C@H](O)[C@@]1(C)[C@@H]3CC[C@H]4C(C)(C)C(O[C@H]5CN(C6CN(CC(F)F)C6)CCO5)CC[C@@]45C[C@@]35CC[C@]21C. The molecule has 1 amide bonds. The summed E-state index contributed by atoms with van der Waals surface area (Å²) in [6.07, 6.45) is 6.02. The highest BCUT2D eigenvalue weighted by Gasteiger charge is 2.84. The van der Waals surface area contributed by atoms with Crippen molar-refractivity contribution in [3.05, 3.63) is 0 Å². The minimum Gasteiger partial charge on any atom is -0.443 e. The van der Waals surface area contributed by atoms with Gasteiger partial charge in [0.05, 0.1) is 37.6 Å². The second-order valence-electron chi connectivity index (χ2n) is 21.2. The Kier molecular flexibility index (Phi) is 9.39. The van der Waals surface area contributed by atoms with Gasteiger partial charge in [0.2, 0.25) is 0 Å². The molecule has 0 aromatic carbocycles. The van der Waals surface area contributed by atoms with Crippen molar-refractivity contribution in [2.75, 3.05) is 52.4 Å². The molecule has 5 saturated carbocycles. The number of aliphatic hydroxyl groups is 1. The molecule has 11 heteroatoms. The van der Waals surface area contributed by atoms with E-state index in [4.69, 9.17) is 18.9 Å². The highest BCUT2D eigenvalue weighted by atomic mass is 19.3. The monoisotopic (exact) mass is 762 g/mol. The van der Waals surface area contributed by atoms with Crippen LogP contribution in [0.4, 0.5) is 13.6 Å². The number of morpholine rings is 1. The summed E-state index contributed by atoms with van der Waals surface area (Å²) in [5.41, 5.74) is 0.273. The largest absolute Gasteiger partial charge is 0.443 e. The number of carbonyl (C=O) groups is 1. The first-order chi connectivity index (χ1) is 25.6. The molecule has 1 N–H and O–H groups in total. The van der Waals surface area contributed by atoms with Gasteiger partial charge < -0.3 is 29.0 Å². The Bertz CT molecular complexity index is 1440. The van der Waals surface area contributed by atoms with Crippen LogP contribution in [-0.4, -0.2) is 128 Å². The van der Waals surface area contributed by atoms with Gasteiger partial charge in [-0.1, -0.05) is 48.5 Å². The van der Waals surface area contributed by atoms with E-state index in [9.17, 15) is 18.7 Å². The van der Waals surface area contributed by atoms with Crippen molar-refractivity contribution in [2.45, 2.75) is 156 Å². The van der Waals surface area contributed by atoms with Crippen LogP contribution in [0.3, 0.4) is 0 Å². The fourth-order valence-corrected chi connectivity index (χ4v) is 15.5. The maximum atomic E-state index is 13.0. The molecule has 4 aliphatic heterocycles. The van der Waals surface area contributed by atoms with Crippen LogP contribution in [0.15, 0.2) is 0 Å². The number of carbonyl (C=O) groups excluding carboxylic acids is 1. The molecule has 1 unspecified atom stereocenters. The summed E-state index contributed by atoms with van der Waals surface area (Å²) in [6.45, 7) is 21.4. The van der Waals surface area contributed by atoms with Crippen LogP contribution in [0.1, 0.15) is 106 Å². The Morgan fingerprint density at radius 1 is 0.963 bits per heavy atom. The molecule has 0 aromatic heterocycles. The molecule has 4 heterocycles. The number of likely N-dealkylation sites (tertiary alicyclic amines) is 2. The Labute approximate surface area is 322 Å². The van der Waals surface area contributed by atoms with E-state index >= 15 is 0 Å². The van der Waals surface area contributed by atoms with Gasteiger partial charge in [0.1, 0.15) is 6.10 Å². The predicted octanol–water partition coefficient (Wildman–Crippen LogP) is 6.66. The topological polar surface area (TPSA) is 83.9 Å². The number of aliphatic hydroxyl groups excluding tert-OH is 1. The molecule has 306 valence electrons. The first-order valence-electron chi connectivity index (χ1n) is 21.9. The van der Waals surface area contributed by atoms with Crippen molar-refractivity contribution >= 4 is 6.09 Å². The minimum atomic E-state index is -2.28. The van der Waals surface area contributed by atoms with Gasteiger partial charge in [0.25, 0.3) is 6.43 Å². The van der Waals surface area contributed by atoms with Crippen LogP contribution in [0, 0.1) is 56.7 Å². The Balaban J connectivity index is 0.895. The van der Waals surface area contributed by atoms with Gasteiger partial charge in [-0.05, 0) is 109 Å². The van der Waals surface area contributed by atoms with E-state index in [1.54, 1.807) is 4.90 Å². The zero-order valence-corrected chi connectivity index (χ0v) is 34.1. The predicted molar refractivity (Wildman–Crippen MR) is 200 cm³/mol. The van der Waals surface area contributed by atoms with E-state index in [0.29, 0.717) is 55.5 Å². The molecular weight excluding hydrogens is 692 g/mol. The van der Waals surface area contributed by atoms with E-state index in [-0.39, 0.29) is 76.8 Å². The van der Waals surface area contributed by atoms with Gasteiger partial charge >= 0.3 is 6.09 Å². The first-order valence-corrected chi connectivity index (χ1v) is 21.9. The van der Waals surface area contributed by atoms with Crippen LogP contribution in [0.2, 0.25) is 0 Å². The minimum absolute atomic E-state index is 0.00296. The maximum absolute atomic E-state index is 13.0. The number of fused-ring (bicyclic) bond motifs is 4. The molecule has 9 fully saturated rings. The lowest BCUT2D eigenvalue weighted by Gasteiger charge is -2.64. The molecule has 54 heavy (non-hydrogen) atoms. The van der Waals surface area contributed by atoms with Gasteiger partial charge in [-0.2, -0.15) is 0 Å². The van der Waals surface area contributed by atoms with Crippen LogP contribution in [-0.2, 0) is 18.9 Å². The highest BCUT2D eigenvalue weighted by Crippen LogP contribution is 2.89. The number of ether oxygens (including phenoxy) is 4. The molecule has 0 bridgehead atoms. The molecule has 4 saturated heterocycles. The number of rotatable bonds is 8. The maximum Gasteiger partial charge on any atom is 0.410 e. The van der Waals surface area contributed by atoms with E-state index in [2.05, 4.69) is 53.4 Å². The molecule has 9 rings (SSSR count). The van der Waals surface area contributed by atoms with Crippen molar-refractivity contribution in [3.63, 3.8) is 0 Å². The zero-order chi connectivity index (χ0) is 38.2. The standard InChI is InChI=1S/C43H69F2N3O6/c1-25(2)35(54-38(50)47-15-8-16-47)28-19-26(3)34-36(52-28)37(49)41(7)30-10-9-29-39(4,5)31(11-12-42(29)24-43(30,42)14-13-40(34,41)6)53-33-23-48(17-18-51-33)27-20-46(21-27)22-32(44)45/h25-37,49H,8-24H2,1-7H3/t26-,28-,29+,30+,31?,33+,34+,35-,36+,37+,40-,41-,42-,43+/m1/s1. The third kappa shape index (κ3) is 5.42. The number of hydrogen-bond acceptors (Lipinski definition) is 8. The van der Waals surface area contributed by atoms with Gasteiger partial charge in [-0.3, -0.25) is 9.80 Å². The van der Waals surface area contributed by atoms with Crippen LogP contribution >= 0.6 is 0 Å². The van der Waals surface area contributed by atoms with Crippen LogP contribution in [0.25, 0.3) is 0 Å². The van der Waals surface area contributed by atoms with Crippen molar-refractivity contribution in [1.29, 1.82) is 0 Å². The third-order valence-electron chi connectivity index (χ3n) is 18.4. The van der Waals surface area contributed by atoms with E-state index in [1.807, 2.05) is 4.90 Å². The second kappa shape index (κ2) is 13.2. The first kappa shape index (κ1) is 38.4. The normalized spacial score (nSPS) is 49.2. The summed E-state index contributed by atoms with van der Waals surface area (Å²) in [7, 11) is 0. The van der Waals surface area contributed by atoms with Crippen molar-refractivity contribution < 1.29 is 37.6 Å². The molecule has 0 aromatic rings. The number of amides is 1. The lowest BCUT2D eigenvalue weighted by atomic mass is 9.41. The quantitative estimate of drug-likeness (QED) is 0.294. The van der Waals surface area contributed by atoms with E-state index in [0.717, 1.165) is 58.2 Å². The molecule has 2 spiro atoms. The fraction of sp³-hybridized carbons (Fsp3) is 0.977. The summed E-state index contributed by atoms with van der Waals surface area (Å²) < 4.78 is 52.2. The highest BCUT2D eigenvalue weighted by molar-refractivity contribution is 5.68. The van der Waals surface area contributed by atoms with Gasteiger partial charge in [0, 0.05) is 50.7 Å². The second-order valence-corrected chi connectivity index (χ2v) is 21.2. The summed E-state index contributed by atoms with van der Waals surface area (Å²) in [6, 6.07) is 0.305. The number of nitrogens with zero attached hydrogens (tertiary/aromatic N) is 3. The number of hydrogen-bond donors (Lipinski definition) is 1. The zero-order valence-electron chi connectivity index (χ0n) is 34.1. The van der Waals surface area contributed by atoms with E-state index < -0.39 is 12.5 Å². The summed E-state index contributed by atoms with van der Waals surface area (Å²) in [5.74, 6) is 1.79. The van der Waals surface area contributed by atoms with Crippen LogP contribution in [0.5, 0.6) is 0 Å². The van der Waals surface area contributed by atoms with Crippen LogP contribution < -0.4 is 0 Å². The van der Waals surface area contributed by atoms with Crippen molar-refractivity contribution in [2.24, 2.45) is 56.7 Å². The van der Waals surface area contributed by atoms with Gasteiger partial charge in [-0.25, -0.2) is 13.6 Å². The molecule has 0 radical (unpaired) electrons. The van der Waals surface area contributed by atoms with Gasteiger partial charge in [-0.15, -0.1) is 0 Å². The fourth-order valence-electron chi connectivity index (χ4n) is 15.5.